The third-order valence-electron chi connectivity index (χ3n) is 5.43. The van der Waals surface area contributed by atoms with E-state index < -0.39 is 5.76 Å². The van der Waals surface area contributed by atoms with Crippen molar-refractivity contribution in [1.29, 1.82) is 0 Å². The first-order chi connectivity index (χ1) is 14.2. The number of imidazole rings is 1. The molecular weight excluding hydrogens is 370 g/mol. The number of benzene rings is 2. The number of fused-ring (bicyclic) bond motifs is 1. The number of piperidine rings is 1. The Balaban J connectivity index is 1.29. The summed E-state index contributed by atoms with van der Waals surface area (Å²) >= 11 is 0. The number of rotatable bonds is 3. The van der Waals surface area contributed by atoms with Gasteiger partial charge in [-0.05, 0) is 49.2 Å². The van der Waals surface area contributed by atoms with Gasteiger partial charge >= 0.3 is 5.76 Å². The highest BCUT2D eigenvalue weighted by Crippen LogP contribution is 2.27. The summed E-state index contributed by atoms with van der Waals surface area (Å²) in [5, 5.41) is 6.20. The van der Waals surface area contributed by atoms with Crippen LogP contribution in [0, 0.1) is 0 Å². The highest BCUT2D eigenvalue weighted by molar-refractivity contribution is 5.94. The molecule has 146 valence electrons. The van der Waals surface area contributed by atoms with Crippen LogP contribution in [0.2, 0.25) is 0 Å². The maximum atomic E-state index is 12.9. The molecule has 0 aliphatic carbocycles. The van der Waals surface area contributed by atoms with Gasteiger partial charge in [-0.15, -0.1) is 5.10 Å². The number of hydrogen-bond donors (Lipinski definition) is 1. The largest absolute Gasteiger partial charge is 0.434 e. The van der Waals surface area contributed by atoms with E-state index in [1.807, 2.05) is 58.0 Å². The Hall–Kier alpha value is -3.68. The fourth-order valence-corrected chi connectivity index (χ4v) is 3.86. The molecule has 0 bridgehead atoms. The van der Waals surface area contributed by atoms with Gasteiger partial charge in [0.1, 0.15) is 6.33 Å². The van der Waals surface area contributed by atoms with Crippen LogP contribution < -0.4 is 5.76 Å². The Labute approximate surface area is 165 Å². The van der Waals surface area contributed by atoms with Gasteiger partial charge in [-0.2, -0.15) is 0 Å². The zero-order chi connectivity index (χ0) is 19.8. The van der Waals surface area contributed by atoms with Crippen LogP contribution in [0.3, 0.4) is 0 Å². The Kier molecular flexibility index (Phi) is 4.23. The maximum Gasteiger partial charge on any atom is 0.434 e. The summed E-state index contributed by atoms with van der Waals surface area (Å²) in [6, 6.07) is 15.5. The molecule has 2 aromatic heterocycles. The summed E-state index contributed by atoms with van der Waals surface area (Å²) in [4.78, 5) is 30.2. The quantitative estimate of drug-likeness (QED) is 0.581. The lowest BCUT2D eigenvalue weighted by molar-refractivity contribution is 0.0706. The smallest absolute Gasteiger partial charge is 0.392 e. The molecule has 2 aromatic carbocycles. The first-order valence-corrected chi connectivity index (χ1v) is 9.56. The van der Waals surface area contributed by atoms with Crippen molar-refractivity contribution >= 4 is 16.9 Å². The molecule has 5 rings (SSSR count). The predicted octanol–water partition coefficient (Wildman–Crippen LogP) is 2.72. The topological polar surface area (TPSA) is 97.0 Å². The second-order valence-corrected chi connectivity index (χ2v) is 7.17. The van der Waals surface area contributed by atoms with Gasteiger partial charge in [-0.3, -0.25) is 9.36 Å². The van der Waals surface area contributed by atoms with Crippen LogP contribution in [0.15, 0.2) is 64.1 Å². The average molecular weight is 389 g/mol. The van der Waals surface area contributed by atoms with Gasteiger partial charge in [-0.1, -0.05) is 12.1 Å². The van der Waals surface area contributed by atoms with E-state index in [2.05, 4.69) is 15.2 Å². The first kappa shape index (κ1) is 17.4. The lowest BCUT2D eigenvalue weighted by Gasteiger charge is -2.30. The lowest BCUT2D eigenvalue weighted by atomic mass is 9.96. The van der Waals surface area contributed by atoms with E-state index in [-0.39, 0.29) is 11.8 Å². The first-order valence-electron chi connectivity index (χ1n) is 9.56. The minimum Gasteiger partial charge on any atom is -0.392 e. The van der Waals surface area contributed by atoms with E-state index in [4.69, 9.17) is 4.42 Å². The van der Waals surface area contributed by atoms with Crippen LogP contribution in [0.25, 0.3) is 16.7 Å². The molecular formula is C21H19N5O3. The van der Waals surface area contributed by atoms with Gasteiger partial charge in [0.15, 0.2) is 0 Å². The molecule has 0 unspecified atom stereocenters. The van der Waals surface area contributed by atoms with Crippen molar-refractivity contribution in [2.75, 3.05) is 13.1 Å². The summed E-state index contributed by atoms with van der Waals surface area (Å²) in [5.41, 5.74) is 3.58. The molecule has 29 heavy (non-hydrogen) atoms. The van der Waals surface area contributed by atoms with E-state index in [1.165, 1.54) is 0 Å². The van der Waals surface area contributed by atoms with E-state index >= 15 is 0 Å². The second-order valence-electron chi connectivity index (χ2n) is 7.17. The zero-order valence-electron chi connectivity index (χ0n) is 15.6. The predicted molar refractivity (Wildman–Crippen MR) is 106 cm³/mol. The number of nitrogens with zero attached hydrogens (tertiary/aromatic N) is 4. The zero-order valence-corrected chi connectivity index (χ0v) is 15.6. The van der Waals surface area contributed by atoms with Gasteiger partial charge < -0.3 is 9.32 Å². The number of likely N-dealkylation sites (tertiary alicyclic amines) is 1. The van der Waals surface area contributed by atoms with Crippen molar-refractivity contribution in [2.24, 2.45) is 0 Å². The fourth-order valence-electron chi connectivity index (χ4n) is 3.86. The number of H-pyrrole nitrogens is 1. The van der Waals surface area contributed by atoms with E-state index in [0.717, 1.165) is 29.6 Å². The van der Waals surface area contributed by atoms with Gasteiger partial charge in [0.05, 0.1) is 11.0 Å². The highest BCUT2D eigenvalue weighted by Gasteiger charge is 2.27. The third-order valence-corrected chi connectivity index (χ3v) is 5.43. The Morgan fingerprint density at radius 2 is 1.83 bits per heavy atom. The van der Waals surface area contributed by atoms with E-state index in [1.54, 1.807) is 6.33 Å². The van der Waals surface area contributed by atoms with Crippen molar-refractivity contribution in [1.82, 2.24) is 24.6 Å². The third kappa shape index (κ3) is 3.22. The van der Waals surface area contributed by atoms with Gasteiger partial charge in [0.2, 0.25) is 5.89 Å². The Bertz CT molecular complexity index is 1210. The highest BCUT2D eigenvalue weighted by atomic mass is 16.4. The van der Waals surface area contributed by atoms with Crippen molar-refractivity contribution in [3.05, 3.63) is 76.9 Å². The van der Waals surface area contributed by atoms with Gasteiger partial charge in [0, 0.05) is 30.3 Å². The van der Waals surface area contributed by atoms with Gasteiger partial charge in [-0.25, -0.2) is 14.9 Å². The Morgan fingerprint density at radius 1 is 1.07 bits per heavy atom. The normalized spacial score (nSPS) is 15.1. The number of carbonyl (C=O) groups excluding carboxylic acids is 1. The summed E-state index contributed by atoms with van der Waals surface area (Å²) in [6.45, 7) is 1.21. The number of aromatic amines is 1. The number of amides is 1. The summed E-state index contributed by atoms with van der Waals surface area (Å²) in [5.74, 6) is -0.0351. The van der Waals surface area contributed by atoms with Crippen LogP contribution >= 0.6 is 0 Å². The lowest BCUT2D eigenvalue weighted by Crippen LogP contribution is -2.38. The second kappa shape index (κ2) is 7.05. The Morgan fingerprint density at radius 3 is 2.55 bits per heavy atom. The number of carbonyl (C=O) groups is 1. The molecule has 8 heteroatoms. The molecule has 3 heterocycles. The molecule has 0 atom stereocenters. The molecule has 1 aliphatic rings. The summed E-state index contributed by atoms with van der Waals surface area (Å²) in [7, 11) is 0. The summed E-state index contributed by atoms with van der Waals surface area (Å²) < 4.78 is 7.06. The van der Waals surface area contributed by atoms with Crippen molar-refractivity contribution < 1.29 is 9.21 Å². The van der Waals surface area contributed by atoms with Crippen LogP contribution in [0.5, 0.6) is 0 Å². The van der Waals surface area contributed by atoms with Gasteiger partial charge in [0.25, 0.3) is 5.91 Å². The molecule has 1 saturated heterocycles. The van der Waals surface area contributed by atoms with Crippen LogP contribution in [0.1, 0.15) is 35.0 Å². The number of nitrogens with one attached hydrogen (secondary N) is 1. The monoisotopic (exact) mass is 389 g/mol. The number of aromatic nitrogens is 4. The molecule has 0 radical (unpaired) electrons. The van der Waals surface area contributed by atoms with E-state index in [9.17, 15) is 9.59 Å². The fraction of sp³-hybridized carbons (Fsp3) is 0.238. The van der Waals surface area contributed by atoms with Crippen molar-refractivity contribution in [3.8, 4) is 5.69 Å². The SMILES string of the molecule is O=C(c1ccc(-n2cnc3ccccc32)cc1)N1CCC(c2n[nH]c(=O)o2)CC1. The molecule has 8 nitrogen and oxygen atoms in total. The van der Waals surface area contributed by atoms with Crippen LogP contribution in [-0.4, -0.2) is 43.6 Å². The molecule has 1 N–H and O–H groups in total. The molecule has 1 amide bonds. The standard InChI is InChI=1S/C21H19N5O3/c27-20(25-11-9-14(10-12-25)19-23-24-21(28)29-19)15-5-7-16(8-6-15)26-13-22-17-3-1-2-4-18(17)26/h1-8,13-14H,9-12H2,(H,24,28). The van der Waals surface area contributed by atoms with Crippen LogP contribution in [0.4, 0.5) is 0 Å². The van der Waals surface area contributed by atoms with Crippen molar-refractivity contribution in [3.63, 3.8) is 0 Å². The molecule has 0 saturated carbocycles. The average Bonchev–Trinajstić information content (AvgIpc) is 3.40. The molecule has 1 aliphatic heterocycles. The van der Waals surface area contributed by atoms with Crippen molar-refractivity contribution in [2.45, 2.75) is 18.8 Å². The summed E-state index contributed by atoms with van der Waals surface area (Å²) in [6.07, 6.45) is 3.23. The number of para-hydroxylation sites is 2. The number of hydrogen-bond acceptors (Lipinski definition) is 5. The minimum absolute atomic E-state index is 0.00831. The maximum absolute atomic E-state index is 12.9. The molecule has 0 spiro atoms. The minimum atomic E-state index is -0.538. The van der Waals surface area contributed by atoms with Crippen LogP contribution in [-0.2, 0) is 0 Å². The molecule has 4 aromatic rings. The molecule has 1 fully saturated rings. The van der Waals surface area contributed by atoms with E-state index in [0.29, 0.717) is 24.5 Å².